The molecule has 0 heterocycles. The van der Waals surface area contributed by atoms with E-state index in [1.54, 1.807) is 0 Å². The third-order valence-corrected chi connectivity index (χ3v) is 4.07. The quantitative estimate of drug-likeness (QED) is 0.596. The lowest BCUT2D eigenvalue weighted by molar-refractivity contribution is -0.384. The van der Waals surface area contributed by atoms with Crippen molar-refractivity contribution in [3.63, 3.8) is 0 Å². The summed E-state index contributed by atoms with van der Waals surface area (Å²) in [5.74, 6) is 0.538. The monoisotopic (exact) mass is 358 g/mol. The fraction of sp³-hybridized carbons (Fsp3) is 0.316. The van der Waals surface area contributed by atoms with E-state index in [-0.39, 0.29) is 11.4 Å². The van der Waals surface area contributed by atoms with Crippen LogP contribution in [0.25, 0.3) is 0 Å². The predicted molar refractivity (Wildman–Crippen MR) is 98.9 cm³/mol. The number of carbonyl (C=O) groups is 1. The minimum absolute atomic E-state index is 0.135. The fourth-order valence-electron chi connectivity index (χ4n) is 2.39. The minimum atomic E-state index is -0.735. The van der Waals surface area contributed by atoms with Gasteiger partial charge in [-0.05, 0) is 49.6 Å². The molecule has 2 aromatic rings. The smallest absolute Gasteiger partial charge is 0.271 e. The van der Waals surface area contributed by atoms with Crippen LogP contribution in [0.4, 0.5) is 11.4 Å². The molecular formula is C19H22N2O5. The Labute approximate surface area is 152 Å². The van der Waals surface area contributed by atoms with Crippen molar-refractivity contribution >= 4 is 17.3 Å². The number of nitrogens with zero attached hydrogens (tertiary/aromatic N) is 1. The van der Waals surface area contributed by atoms with Gasteiger partial charge in [-0.15, -0.1) is 0 Å². The summed E-state index contributed by atoms with van der Waals surface area (Å²) < 4.78 is 11.0. The van der Waals surface area contributed by atoms with Crippen molar-refractivity contribution in [2.24, 2.45) is 0 Å². The van der Waals surface area contributed by atoms with Crippen LogP contribution in [0.3, 0.4) is 0 Å². The van der Waals surface area contributed by atoms with Gasteiger partial charge < -0.3 is 14.8 Å². The van der Waals surface area contributed by atoms with Crippen LogP contribution >= 0.6 is 0 Å². The van der Waals surface area contributed by atoms with Crippen LogP contribution in [-0.4, -0.2) is 24.0 Å². The van der Waals surface area contributed by atoms with E-state index in [2.05, 4.69) is 5.32 Å². The van der Waals surface area contributed by atoms with Crippen molar-refractivity contribution in [1.29, 1.82) is 0 Å². The highest BCUT2D eigenvalue weighted by molar-refractivity contribution is 5.96. The number of hydrogen-bond acceptors (Lipinski definition) is 5. The van der Waals surface area contributed by atoms with Gasteiger partial charge in [-0.2, -0.15) is 0 Å². The maximum atomic E-state index is 12.6. The van der Waals surface area contributed by atoms with Gasteiger partial charge in [0.15, 0.2) is 6.10 Å². The number of nitrogens with one attached hydrogen (secondary N) is 1. The molecule has 26 heavy (non-hydrogen) atoms. The zero-order valence-corrected chi connectivity index (χ0v) is 15.2. The van der Waals surface area contributed by atoms with E-state index >= 15 is 0 Å². The minimum Gasteiger partial charge on any atom is -0.495 e. The number of aryl methyl sites for hydroxylation is 2. The Hall–Kier alpha value is -3.09. The molecule has 7 heteroatoms. The van der Waals surface area contributed by atoms with Gasteiger partial charge in [-0.25, -0.2) is 0 Å². The first-order chi connectivity index (χ1) is 12.3. The largest absolute Gasteiger partial charge is 0.495 e. The van der Waals surface area contributed by atoms with Gasteiger partial charge in [-0.3, -0.25) is 14.9 Å². The SMILES string of the molecule is CCC(Oc1ccc(C)c(C)c1)C(=O)Nc1cc([N+](=O)[O-])ccc1OC. The Balaban J connectivity index is 2.19. The second-order valence-electron chi connectivity index (χ2n) is 5.89. The highest BCUT2D eigenvalue weighted by Gasteiger charge is 2.21. The van der Waals surface area contributed by atoms with E-state index in [4.69, 9.17) is 9.47 Å². The van der Waals surface area contributed by atoms with Gasteiger partial charge in [0.2, 0.25) is 0 Å². The average Bonchev–Trinajstić information content (AvgIpc) is 2.62. The molecule has 0 spiro atoms. The summed E-state index contributed by atoms with van der Waals surface area (Å²) in [4.78, 5) is 23.0. The molecule has 138 valence electrons. The summed E-state index contributed by atoms with van der Waals surface area (Å²) in [6.45, 7) is 5.80. The van der Waals surface area contributed by atoms with E-state index in [0.717, 1.165) is 11.1 Å². The Morgan fingerprint density at radius 3 is 2.50 bits per heavy atom. The zero-order chi connectivity index (χ0) is 19.3. The van der Waals surface area contributed by atoms with Crippen LogP contribution in [0.1, 0.15) is 24.5 Å². The van der Waals surface area contributed by atoms with Crippen LogP contribution in [0.15, 0.2) is 36.4 Å². The third kappa shape index (κ3) is 4.50. The van der Waals surface area contributed by atoms with Gasteiger partial charge in [0.1, 0.15) is 11.5 Å². The van der Waals surface area contributed by atoms with Crippen LogP contribution in [0.5, 0.6) is 11.5 Å². The molecule has 0 aromatic heterocycles. The van der Waals surface area contributed by atoms with Crippen molar-refractivity contribution in [2.75, 3.05) is 12.4 Å². The molecular weight excluding hydrogens is 336 g/mol. The van der Waals surface area contributed by atoms with Crippen LogP contribution in [0.2, 0.25) is 0 Å². The number of nitro benzene ring substituents is 1. The molecule has 0 aliphatic carbocycles. The van der Waals surface area contributed by atoms with E-state index in [1.165, 1.54) is 25.3 Å². The lowest BCUT2D eigenvalue weighted by Crippen LogP contribution is -2.32. The molecule has 1 amide bonds. The summed E-state index contributed by atoms with van der Waals surface area (Å²) in [5.41, 5.74) is 2.30. The number of carbonyl (C=O) groups excluding carboxylic acids is 1. The number of amides is 1. The van der Waals surface area contributed by atoms with Gasteiger partial charge in [0.05, 0.1) is 17.7 Å². The Kier molecular flexibility index (Phi) is 6.16. The van der Waals surface area contributed by atoms with Gasteiger partial charge >= 0.3 is 0 Å². The van der Waals surface area contributed by atoms with Gasteiger partial charge in [0.25, 0.3) is 11.6 Å². The van der Waals surface area contributed by atoms with Crippen molar-refractivity contribution in [3.8, 4) is 11.5 Å². The lowest BCUT2D eigenvalue weighted by Gasteiger charge is -2.19. The standard InChI is InChI=1S/C19H22N2O5/c1-5-17(26-15-8-6-12(2)13(3)10-15)19(22)20-16-11-14(21(23)24)7-9-18(16)25-4/h6-11,17H,5H2,1-4H3,(H,20,22). The van der Waals surface area contributed by atoms with Crippen LogP contribution in [-0.2, 0) is 4.79 Å². The zero-order valence-electron chi connectivity index (χ0n) is 15.2. The Morgan fingerprint density at radius 1 is 1.19 bits per heavy atom. The molecule has 2 rings (SSSR count). The molecule has 1 N–H and O–H groups in total. The summed E-state index contributed by atoms with van der Waals surface area (Å²) in [6.07, 6.45) is -0.295. The van der Waals surface area contributed by atoms with Crippen molar-refractivity contribution in [2.45, 2.75) is 33.3 Å². The molecule has 2 aromatic carbocycles. The number of anilines is 1. The van der Waals surface area contributed by atoms with E-state index in [1.807, 2.05) is 39.0 Å². The highest BCUT2D eigenvalue weighted by Crippen LogP contribution is 2.29. The molecule has 0 saturated heterocycles. The first-order valence-corrected chi connectivity index (χ1v) is 8.23. The second-order valence-corrected chi connectivity index (χ2v) is 5.89. The van der Waals surface area contributed by atoms with E-state index in [0.29, 0.717) is 17.9 Å². The number of hydrogen-bond donors (Lipinski definition) is 1. The molecule has 1 unspecified atom stereocenters. The number of nitro groups is 1. The number of methoxy groups -OCH3 is 1. The summed E-state index contributed by atoms with van der Waals surface area (Å²) in [6, 6.07) is 9.64. The maximum absolute atomic E-state index is 12.6. The van der Waals surface area contributed by atoms with Crippen molar-refractivity contribution in [1.82, 2.24) is 0 Å². The van der Waals surface area contributed by atoms with Crippen molar-refractivity contribution in [3.05, 3.63) is 57.6 Å². The number of ether oxygens (including phenoxy) is 2. The average molecular weight is 358 g/mol. The normalized spacial score (nSPS) is 11.5. The third-order valence-electron chi connectivity index (χ3n) is 4.07. The Bertz CT molecular complexity index is 820. The van der Waals surface area contributed by atoms with Crippen molar-refractivity contribution < 1.29 is 19.2 Å². The van der Waals surface area contributed by atoms with Crippen LogP contribution in [0, 0.1) is 24.0 Å². The summed E-state index contributed by atoms with van der Waals surface area (Å²) in [7, 11) is 1.43. The molecule has 0 bridgehead atoms. The first kappa shape index (κ1) is 19.2. The molecule has 7 nitrogen and oxygen atoms in total. The summed E-state index contributed by atoms with van der Waals surface area (Å²) in [5, 5.41) is 13.6. The fourth-order valence-corrected chi connectivity index (χ4v) is 2.39. The topological polar surface area (TPSA) is 90.7 Å². The molecule has 0 saturated carbocycles. The maximum Gasteiger partial charge on any atom is 0.271 e. The number of non-ortho nitro benzene ring substituents is 1. The van der Waals surface area contributed by atoms with Gasteiger partial charge in [-0.1, -0.05) is 13.0 Å². The number of benzene rings is 2. The van der Waals surface area contributed by atoms with E-state index in [9.17, 15) is 14.9 Å². The Morgan fingerprint density at radius 2 is 1.92 bits per heavy atom. The molecule has 0 aliphatic heterocycles. The summed E-state index contributed by atoms with van der Waals surface area (Å²) >= 11 is 0. The molecule has 0 fully saturated rings. The second kappa shape index (κ2) is 8.33. The van der Waals surface area contributed by atoms with E-state index < -0.39 is 16.9 Å². The first-order valence-electron chi connectivity index (χ1n) is 8.23. The predicted octanol–water partition coefficient (Wildman–Crippen LogP) is 4.02. The lowest BCUT2D eigenvalue weighted by atomic mass is 10.1. The van der Waals surface area contributed by atoms with Crippen LogP contribution < -0.4 is 14.8 Å². The molecule has 0 aliphatic rings. The molecule has 1 atom stereocenters. The molecule has 0 radical (unpaired) electrons. The number of rotatable bonds is 7. The highest BCUT2D eigenvalue weighted by atomic mass is 16.6. The van der Waals surface area contributed by atoms with Gasteiger partial charge in [0, 0.05) is 12.1 Å².